The standard InChI is InChI=1S/C17H17FN4.ClH/c1-19-10-9-12-5-4-6-13(11-12)16-20-17(22-21-16)14-7-2-3-8-15(14)18;/h2-8,11,19H,9-10H2,1H3,(H,20,21,22);1H. The number of nitrogens with zero attached hydrogens (tertiary/aromatic N) is 2. The van der Waals surface area contributed by atoms with E-state index < -0.39 is 0 Å². The summed E-state index contributed by atoms with van der Waals surface area (Å²) in [5, 5.41) is 10.1. The smallest absolute Gasteiger partial charge is 0.181 e. The molecule has 0 spiro atoms. The van der Waals surface area contributed by atoms with Gasteiger partial charge in [0.25, 0.3) is 0 Å². The van der Waals surface area contributed by atoms with E-state index in [0.717, 1.165) is 18.5 Å². The second kappa shape index (κ2) is 7.85. The van der Waals surface area contributed by atoms with Gasteiger partial charge in [-0.15, -0.1) is 12.4 Å². The molecule has 1 heterocycles. The maximum atomic E-state index is 13.8. The maximum absolute atomic E-state index is 13.8. The summed E-state index contributed by atoms with van der Waals surface area (Å²) >= 11 is 0. The summed E-state index contributed by atoms with van der Waals surface area (Å²) in [6.45, 7) is 0.915. The predicted octanol–water partition coefficient (Wildman–Crippen LogP) is 3.46. The summed E-state index contributed by atoms with van der Waals surface area (Å²) in [6, 6.07) is 14.6. The first-order chi connectivity index (χ1) is 10.8. The van der Waals surface area contributed by atoms with Crippen LogP contribution in [0.2, 0.25) is 0 Å². The first-order valence-corrected chi connectivity index (χ1v) is 7.19. The molecule has 0 unspecified atom stereocenters. The van der Waals surface area contributed by atoms with E-state index in [4.69, 9.17) is 0 Å². The Kier molecular flexibility index (Phi) is 5.84. The Hall–Kier alpha value is -2.24. The molecule has 6 heteroatoms. The Labute approximate surface area is 140 Å². The minimum atomic E-state index is -0.312. The van der Waals surface area contributed by atoms with Crippen LogP contribution in [0.1, 0.15) is 5.56 Å². The number of hydrogen-bond donors (Lipinski definition) is 2. The normalized spacial score (nSPS) is 10.3. The van der Waals surface area contributed by atoms with Crippen molar-refractivity contribution >= 4 is 12.4 Å². The van der Waals surface area contributed by atoms with Gasteiger partial charge in [-0.05, 0) is 43.8 Å². The highest BCUT2D eigenvalue weighted by Crippen LogP contribution is 2.22. The largest absolute Gasteiger partial charge is 0.319 e. The molecule has 4 nitrogen and oxygen atoms in total. The van der Waals surface area contributed by atoms with Crippen LogP contribution in [-0.4, -0.2) is 28.8 Å². The summed E-state index contributed by atoms with van der Waals surface area (Å²) in [6.07, 6.45) is 0.939. The molecule has 3 rings (SSSR count). The average molecular weight is 333 g/mol. The van der Waals surface area contributed by atoms with Crippen LogP contribution in [0.25, 0.3) is 22.8 Å². The molecule has 0 aliphatic heterocycles. The van der Waals surface area contributed by atoms with Crippen LogP contribution in [-0.2, 0) is 6.42 Å². The Bertz CT molecular complexity index is 773. The molecule has 0 fully saturated rings. The lowest BCUT2D eigenvalue weighted by molar-refractivity contribution is 0.630. The molecule has 0 bridgehead atoms. The monoisotopic (exact) mass is 332 g/mol. The minimum Gasteiger partial charge on any atom is -0.319 e. The van der Waals surface area contributed by atoms with Gasteiger partial charge in [-0.1, -0.05) is 30.3 Å². The molecule has 2 N–H and O–H groups in total. The lowest BCUT2D eigenvalue weighted by atomic mass is 10.1. The number of nitrogens with one attached hydrogen (secondary N) is 2. The van der Waals surface area contributed by atoms with Gasteiger partial charge in [-0.2, -0.15) is 5.10 Å². The van der Waals surface area contributed by atoms with E-state index in [2.05, 4.69) is 32.6 Å². The van der Waals surface area contributed by atoms with Crippen molar-refractivity contribution in [1.29, 1.82) is 0 Å². The molecule has 23 heavy (non-hydrogen) atoms. The second-order valence-electron chi connectivity index (χ2n) is 5.04. The first-order valence-electron chi connectivity index (χ1n) is 7.19. The SMILES string of the molecule is CNCCc1cccc(-c2n[nH]c(-c3ccccc3F)n2)c1.Cl. The molecule has 120 valence electrons. The highest BCUT2D eigenvalue weighted by molar-refractivity contribution is 5.85. The van der Waals surface area contributed by atoms with Crippen LogP contribution >= 0.6 is 12.4 Å². The third-order valence-corrected chi connectivity index (χ3v) is 3.46. The van der Waals surface area contributed by atoms with E-state index in [0.29, 0.717) is 17.2 Å². The Morgan fingerprint density at radius 3 is 2.74 bits per heavy atom. The lowest BCUT2D eigenvalue weighted by Crippen LogP contribution is -2.10. The van der Waals surface area contributed by atoms with Crippen molar-refractivity contribution in [3.8, 4) is 22.8 Å². The van der Waals surface area contributed by atoms with Crippen molar-refractivity contribution in [2.24, 2.45) is 0 Å². The molecule has 0 saturated heterocycles. The zero-order chi connectivity index (χ0) is 15.4. The van der Waals surface area contributed by atoms with Gasteiger partial charge < -0.3 is 5.32 Å². The second-order valence-corrected chi connectivity index (χ2v) is 5.04. The predicted molar refractivity (Wildman–Crippen MR) is 92.1 cm³/mol. The van der Waals surface area contributed by atoms with Crippen LogP contribution in [0, 0.1) is 5.82 Å². The third kappa shape index (κ3) is 3.94. The maximum Gasteiger partial charge on any atom is 0.181 e. The summed E-state index contributed by atoms with van der Waals surface area (Å²) in [5.74, 6) is 0.700. The van der Waals surface area contributed by atoms with Crippen molar-refractivity contribution in [1.82, 2.24) is 20.5 Å². The molecular weight excluding hydrogens is 315 g/mol. The van der Waals surface area contributed by atoms with E-state index >= 15 is 0 Å². The van der Waals surface area contributed by atoms with Crippen molar-refractivity contribution < 1.29 is 4.39 Å². The molecule has 0 aliphatic rings. The topological polar surface area (TPSA) is 53.6 Å². The lowest BCUT2D eigenvalue weighted by Gasteiger charge is -2.02. The number of halogens is 2. The average Bonchev–Trinajstić information content (AvgIpc) is 3.03. The number of H-pyrrole nitrogens is 1. The number of aromatic nitrogens is 3. The summed E-state index contributed by atoms with van der Waals surface area (Å²) in [4.78, 5) is 4.41. The van der Waals surface area contributed by atoms with Crippen LogP contribution in [0.15, 0.2) is 48.5 Å². The zero-order valence-corrected chi connectivity index (χ0v) is 13.5. The van der Waals surface area contributed by atoms with Crippen molar-refractivity contribution in [3.63, 3.8) is 0 Å². The van der Waals surface area contributed by atoms with Crippen LogP contribution in [0.3, 0.4) is 0 Å². The van der Waals surface area contributed by atoms with Gasteiger partial charge in [0.05, 0.1) is 5.56 Å². The number of rotatable bonds is 5. The Balaban J connectivity index is 0.00000192. The molecule has 0 saturated carbocycles. The quantitative estimate of drug-likeness (QED) is 0.752. The molecular formula is C17H18ClFN4. The Morgan fingerprint density at radius 1 is 1.13 bits per heavy atom. The van der Waals surface area contributed by atoms with E-state index in [1.54, 1.807) is 18.2 Å². The van der Waals surface area contributed by atoms with Crippen molar-refractivity contribution in [3.05, 3.63) is 59.9 Å². The highest BCUT2D eigenvalue weighted by Gasteiger charge is 2.11. The zero-order valence-electron chi connectivity index (χ0n) is 12.7. The van der Waals surface area contributed by atoms with Gasteiger partial charge in [-0.25, -0.2) is 9.37 Å². The third-order valence-electron chi connectivity index (χ3n) is 3.46. The van der Waals surface area contributed by atoms with E-state index in [1.165, 1.54) is 11.6 Å². The fourth-order valence-corrected chi connectivity index (χ4v) is 2.30. The summed E-state index contributed by atoms with van der Waals surface area (Å²) in [5.41, 5.74) is 2.56. The van der Waals surface area contributed by atoms with Crippen LogP contribution < -0.4 is 5.32 Å². The van der Waals surface area contributed by atoms with E-state index in [9.17, 15) is 4.39 Å². The fraction of sp³-hybridized carbons (Fsp3) is 0.176. The summed E-state index contributed by atoms with van der Waals surface area (Å²) in [7, 11) is 1.93. The van der Waals surface area contributed by atoms with Gasteiger partial charge in [0.15, 0.2) is 11.6 Å². The van der Waals surface area contributed by atoms with E-state index in [-0.39, 0.29) is 18.2 Å². The van der Waals surface area contributed by atoms with Gasteiger partial charge in [0, 0.05) is 5.56 Å². The number of hydrogen-bond acceptors (Lipinski definition) is 3. The van der Waals surface area contributed by atoms with E-state index in [1.807, 2.05) is 19.2 Å². The number of aromatic amines is 1. The molecule has 0 radical (unpaired) electrons. The van der Waals surface area contributed by atoms with Crippen LogP contribution in [0.5, 0.6) is 0 Å². The minimum absolute atomic E-state index is 0. The van der Waals surface area contributed by atoms with Crippen LogP contribution in [0.4, 0.5) is 4.39 Å². The first kappa shape index (κ1) is 17.1. The molecule has 3 aromatic rings. The van der Waals surface area contributed by atoms with Gasteiger partial charge in [0.1, 0.15) is 5.82 Å². The van der Waals surface area contributed by atoms with Crippen molar-refractivity contribution in [2.75, 3.05) is 13.6 Å². The Morgan fingerprint density at radius 2 is 1.96 bits per heavy atom. The molecule has 0 atom stereocenters. The summed E-state index contributed by atoms with van der Waals surface area (Å²) < 4.78 is 13.8. The highest BCUT2D eigenvalue weighted by atomic mass is 35.5. The van der Waals surface area contributed by atoms with Crippen molar-refractivity contribution in [2.45, 2.75) is 6.42 Å². The molecule has 0 aliphatic carbocycles. The molecule has 2 aromatic carbocycles. The van der Waals surface area contributed by atoms with Gasteiger partial charge in [0.2, 0.25) is 0 Å². The number of likely N-dealkylation sites (N-methyl/N-ethyl adjacent to an activating group) is 1. The molecule has 0 amide bonds. The number of benzene rings is 2. The fourth-order valence-electron chi connectivity index (χ4n) is 2.30. The molecule has 1 aromatic heterocycles. The van der Waals surface area contributed by atoms with Gasteiger partial charge in [-0.3, -0.25) is 5.10 Å². The van der Waals surface area contributed by atoms with Gasteiger partial charge >= 0.3 is 0 Å².